The fourth-order valence-corrected chi connectivity index (χ4v) is 2.00. The molecule has 0 aliphatic rings. The maximum Gasteiger partial charge on any atom is 0.227 e. The highest BCUT2D eigenvalue weighted by atomic mass is 79.9. The smallest absolute Gasteiger partial charge is 0.227 e. The van der Waals surface area contributed by atoms with Crippen molar-refractivity contribution in [3.63, 3.8) is 0 Å². The maximum atomic E-state index is 12.0. The van der Waals surface area contributed by atoms with Crippen LogP contribution in [0.1, 0.15) is 38.7 Å². The molecule has 2 unspecified atom stereocenters. The zero-order valence-electron chi connectivity index (χ0n) is 11.7. The molecule has 0 spiro atoms. The van der Waals surface area contributed by atoms with E-state index in [1.807, 2.05) is 45.0 Å². The number of hydrogen-bond acceptors (Lipinski definition) is 2. The summed E-state index contributed by atoms with van der Waals surface area (Å²) in [7, 11) is 0. The van der Waals surface area contributed by atoms with Gasteiger partial charge in [-0.25, -0.2) is 0 Å². The maximum absolute atomic E-state index is 12.0. The average Bonchev–Trinajstić information content (AvgIpc) is 2.38. The molecule has 0 aliphatic carbocycles. The highest BCUT2D eigenvalue weighted by Crippen LogP contribution is 2.18. The Morgan fingerprint density at radius 1 is 1.26 bits per heavy atom. The summed E-state index contributed by atoms with van der Waals surface area (Å²) in [5.41, 5.74) is 0.991. The van der Waals surface area contributed by atoms with Crippen molar-refractivity contribution in [3.8, 4) is 0 Å². The highest BCUT2D eigenvalue weighted by molar-refractivity contribution is 9.10. The zero-order chi connectivity index (χ0) is 14.4. The van der Waals surface area contributed by atoms with Gasteiger partial charge in [-0.3, -0.25) is 4.79 Å². The van der Waals surface area contributed by atoms with E-state index in [0.717, 1.165) is 10.0 Å². The van der Waals surface area contributed by atoms with Gasteiger partial charge in [0.05, 0.1) is 12.0 Å². The van der Waals surface area contributed by atoms with Gasteiger partial charge in [-0.1, -0.05) is 41.9 Å². The summed E-state index contributed by atoms with van der Waals surface area (Å²) in [5, 5.41) is 12.5. The molecule has 1 amide bonds. The van der Waals surface area contributed by atoms with Crippen molar-refractivity contribution < 1.29 is 9.90 Å². The predicted octanol–water partition coefficient (Wildman–Crippen LogP) is 3.08. The average molecular weight is 328 g/mol. The van der Waals surface area contributed by atoms with Crippen molar-refractivity contribution in [2.45, 2.75) is 39.2 Å². The van der Waals surface area contributed by atoms with Crippen LogP contribution in [-0.2, 0) is 4.79 Å². The van der Waals surface area contributed by atoms with Crippen molar-refractivity contribution in [1.29, 1.82) is 0 Å². The van der Waals surface area contributed by atoms with Crippen LogP contribution in [-0.4, -0.2) is 23.7 Å². The van der Waals surface area contributed by atoms with E-state index in [9.17, 15) is 9.90 Å². The van der Waals surface area contributed by atoms with E-state index in [-0.39, 0.29) is 23.8 Å². The van der Waals surface area contributed by atoms with Crippen molar-refractivity contribution in [2.75, 3.05) is 6.54 Å². The van der Waals surface area contributed by atoms with Crippen LogP contribution in [0.25, 0.3) is 0 Å². The third-order valence-corrected chi connectivity index (χ3v) is 3.80. The topological polar surface area (TPSA) is 49.3 Å². The summed E-state index contributed by atoms with van der Waals surface area (Å²) in [6.07, 6.45) is 0.236. The molecule has 1 aromatic carbocycles. The number of benzene rings is 1. The molecule has 0 aliphatic heterocycles. The van der Waals surface area contributed by atoms with Gasteiger partial charge in [0, 0.05) is 11.0 Å². The fraction of sp³-hybridized carbons (Fsp3) is 0.533. The quantitative estimate of drug-likeness (QED) is 0.843. The van der Waals surface area contributed by atoms with Gasteiger partial charge in [0.15, 0.2) is 0 Å². The standard InChI is InChI=1S/C15H22BrNO2/c1-10(2)14(18)8-9-17-15(19)11(3)12-4-6-13(16)7-5-12/h4-7,10-11,14,18H,8-9H2,1-3H3,(H,17,19). The molecule has 0 fully saturated rings. The van der Waals surface area contributed by atoms with Crippen molar-refractivity contribution in [3.05, 3.63) is 34.3 Å². The monoisotopic (exact) mass is 327 g/mol. The third kappa shape index (κ3) is 5.33. The van der Waals surface area contributed by atoms with Crippen LogP contribution in [0.2, 0.25) is 0 Å². The van der Waals surface area contributed by atoms with Gasteiger partial charge < -0.3 is 10.4 Å². The highest BCUT2D eigenvalue weighted by Gasteiger charge is 2.15. The van der Waals surface area contributed by atoms with Crippen LogP contribution >= 0.6 is 15.9 Å². The lowest BCUT2D eigenvalue weighted by molar-refractivity contribution is -0.122. The van der Waals surface area contributed by atoms with Crippen molar-refractivity contribution >= 4 is 21.8 Å². The Bertz CT molecular complexity index is 403. The number of hydrogen-bond donors (Lipinski definition) is 2. The summed E-state index contributed by atoms with van der Waals surface area (Å²) in [5.74, 6) is 0.0448. The van der Waals surface area contributed by atoms with E-state index in [2.05, 4.69) is 21.2 Å². The lowest BCUT2D eigenvalue weighted by Crippen LogP contribution is -2.31. The van der Waals surface area contributed by atoms with Crippen LogP contribution in [0.15, 0.2) is 28.7 Å². The van der Waals surface area contributed by atoms with Crippen molar-refractivity contribution in [2.24, 2.45) is 5.92 Å². The molecule has 0 saturated carbocycles. The number of aliphatic hydroxyl groups excluding tert-OH is 1. The van der Waals surface area contributed by atoms with Crippen LogP contribution < -0.4 is 5.32 Å². The molecular formula is C15H22BrNO2. The van der Waals surface area contributed by atoms with E-state index in [1.54, 1.807) is 0 Å². The first-order chi connectivity index (χ1) is 8.91. The molecule has 1 aromatic rings. The number of rotatable bonds is 6. The van der Waals surface area contributed by atoms with Gasteiger partial charge in [-0.15, -0.1) is 0 Å². The van der Waals surface area contributed by atoms with E-state index in [0.29, 0.717) is 13.0 Å². The summed E-state index contributed by atoms with van der Waals surface area (Å²) in [4.78, 5) is 12.0. The second kappa shape index (κ2) is 7.65. The molecule has 2 N–H and O–H groups in total. The molecule has 19 heavy (non-hydrogen) atoms. The molecular weight excluding hydrogens is 306 g/mol. The molecule has 0 radical (unpaired) electrons. The Morgan fingerprint density at radius 2 is 1.84 bits per heavy atom. The first kappa shape index (κ1) is 16.2. The van der Waals surface area contributed by atoms with Crippen molar-refractivity contribution in [1.82, 2.24) is 5.32 Å². The van der Waals surface area contributed by atoms with Gasteiger partial charge in [0.2, 0.25) is 5.91 Å². The molecule has 1 rings (SSSR count). The number of carbonyl (C=O) groups excluding carboxylic acids is 1. The van der Waals surface area contributed by atoms with Gasteiger partial charge in [-0.05, 0) is 37.0 Å². The van der Waals surface area contributed by atoms with Gasteiger partial charge >= 0.3 is 0 Å². The number of amides is 1. The first-order valence-electron chi connectivity index (χ1n) is 6.63. The van der Waals surface area contributed by atoms with Crippen LogP contribution in [0.4, 0.5) is 0 Å². The molecule has 2 atom stereocenters. The molecule has 0 aromatic heterocycles. The van der Waals surface area contributed by atoms with E-state index in [1.165, 1.54) is 0 Å². The summed E-state index contributed by atoms with van der Waals surface area (Å²) in [6.45, 7) is 6.34. The first-order valence-corrected chi connectivity index (χ1v) is 7.42. The van der Waals surface area contributed by atoms with Gasteiger partial charge in [0.1, 0.15) is 0 Å². The minimum absolute atomic E-state index is 0.00159. The zero-order valence-corrected chi connectivity index (χ0v) is 13.3. The lowest BCUT2D eigenvalue weighted by atomic mass is 10.00. The molecule has 0 saturated heterocycles. The largest absolute Gasteiger partial charge is 0.393 e. The molecule has 0 bridgehead atoms. The number of nitrogens with one attached hydrogen (secondary N) is 1. The van der Waals surface area contributed by atoms with Gasteiger partial charge in [-0.2, -0.15) is 0 Å². The Labute approximate surface area is 123 Å². The molecule has 106 valence electrons. The fourth-order valence-electron chi connectivity index (χ4n) is 1.73. The Kier molecular flexibility index (Phi) is 6.52. The normalized spacial score (nSPS) is 14.2. The SMILES string of the molecule is CC(C(=O)NCCC(O)C(C)C)c1ccc(Br)cc1. The van der Waals surface area contributed by atoms with Gasteiger partial charge in [0.25, 0.3) is 0 Å². The molecule has 3 nitrogen and oxygen atoms in total. The second-order valence-corrected chi connectivity index (χ2v) is 6.08. The predicted molar refractivity (Wildman–Crippen MR) is 81.0 cm³/mol. The summed E-state index contributed by atoms with van der Waals surface area (Å²) < 4.78 is 1.00. The van der Waals surface area contributed by atoms with Crippen LogP contribution in [0, 0.1) is 5.92 Å². The van der Waals surface area contributed by atoms with E-state index >= 15 is 0 Å². The minimum Gasteiger partial charge on any atom is -0.393 e. The molecule has 0 heterocycles. The third-order valence-electron chi connectivity index (χ3n) is 3.27. The van der Waals surface area contributed by atoms with Crippen LogP contribution in [0.5, 0.6) is 0 Å². The number of aliphatic hydroxyl groups is 1. The summed E-state index contributed by atoms with van der Waals surface area (Å²) >= 11 is 3.37. The lowest BCUT2D eigenvalue weighted by Gasteiger charge is -2.16. The number of carbonyl (C=O) groups is 1. The van der Waals surface area contributed by atoms with Crippen LogP contribution in [0.3, 0.4) is 0 Å². The van der Waals surface area contributed by atoms with E-state index in [4.69, 9.17) is 0 Å². The van der Waals surface area contributed by atoms with E-state index < -0.39 is 0 Å². The number of halogens is 1. The molecule has 4 heteroatoms. The second-order valence-electron chi connectivity index (χ2n) is 5.16. The Balaban J connectivity index is 2.43. The summed E-state index contributed by atoms with van der Waals surface area (Å²) in [6, 6.07) is 7.75. The minimum atomic E-state index is -0.358. The Hall–Kier alpha value is -0.870. The Morgan fingerprint density at radius 3 is 2.37 bits per heavy atom.